The number of halogens is 1. The van der Waals surface area contributed by atoms with Gasteiger partial charge in [0.2, 0.25) is 5.91 Å². The van der Waals surface area contributed by atoms with Crippen molar-refractivity contribution in [3.05, 3.63) is 30.3 Å². The molecule has 2 heterocycles. The zero-order chi connectivity index (χ0) is 16.1. The van der Waals surface area contributed by atoms with Crippen LogP contribution in [-0.4, -0.2) is 31.9 Å². The van der Waals surface area contributed by atoms with Gasteiger partial charge < -0.3 is 5.32 Å². The van der Waals surface area contributed by atoms with Gasteiger partial charge in [-0.1, -0.05) is 19.1 Å². The van der Waals surface area contributed by atoms with Crippen LogP contribution in [0.15, 0.2) is 24.5 Å². The first kappa shape index (κ1) is 16.1. The van der Waals surface area contributed by atoms with E-state index in [4.69, 9.17) is 0 Å². The van der Waals surface area contributed by atoms with Crippen molar-refractivity contribution < 1.29 is 9.18 Å². The number of aromatic nitrogens is 4. The van der Waals surface area contributed by atoms with Gasteiger partial charge in [-0.05, 0) is 25.5 Å². The van der Waals surface area contributed by atoms with Gasteiger partial charge >= 0.3 is 0 Å². The van der Waals surface area contributed by atoms with E-state index in [1.54, 1.807) is 16.9 Å². The van der Waals surface area contributed by atoms with E-state index >= 15 is 0 Å². The molecule has 7 heteroatoms. The third-order valence-corrected chi connectivity index (χ3v) is 3.44. The normalized spacial score (nSPS) is 13.6. The smallest absolute Gasteiger partial charge is 0.223 e. The lowest BCUT2D eigenvalue weighted by Gasteiger charge is -2.16. The molecule has 2 aromatic heterocycles. The van der Waals surface area contributed by atoms with Crippen LogP contribution in [0.3, 0.4) is 0 Å². The van der Waals surface area contributed by atoms with E-state index in [9.17, 15) is 9.18 Å². The Morgan fingerprint density at radius 2 is 2.14 bits per heavy atom. The zero-order valence-electron chi connectivity index (χ0n) is 13.0. The number of carbonyl (C=O) groups is 1. The van der Waals surface area contributed by atoms with E-state index in [2.05, 4.69) is 20.6 Å². The molecular weight excluding hydrogens is 285 g/mol. The Labute approximate surface area is 128 Å². The van der Waals surface area contributed by atoms with Crippen molar-refractivity contribution in [1.82, 2.24) is 25.3 Å². The van der Waals surface area contributed by atoms with Gasteiger partial charge in [0.05, 0.1) is 24.6 Å². The highest BCUT2D eigenvalue weighted by atomic mass is 19.1. The predicted octanol–water partition coefficient (Wildman–Crippen LogP) is 2.03. The fourth-order valence-corrected chi connectivity index (χ4v) is 1.93. The number of hydrogen-bond acceptors (Lipinski definition) is 4. The van der Waals surface area contributed by atoms with Crippen LogP contribution in [0.25, 0.3) is 11.4 Å². The average Bonchev–Trinajstić information content (AvgIpc) is 2.95. The summed E-state index contributed by atoms with van der Waals surface area (Å²) in [7, 11) is 0. The fourth-order valence-electron chi connectivity index (χ4n) is 1.93. The second-order valence-electron chi connectivity index (χ2n) is 5.41. The number of amides is 1. The van der Waals surface area contributed by atoms with Gasteiger partial charge in [0, 0.05) is 12.0 Å². The highest BCUT2D eigenvalue weighted by Gasteiger charge is 2.14. The first-order valence-electron chi connectivity index (χ1n) is 7.32. The maximum Gasteiger partial charge on any atom is 0.223 e. The van der Waals surface area contributed by atoms with Gasteiger partial charge in [-0.15, -0.1) is 5.10 Å². The topological polar surface area (TPSA) is 72.7 Å². The van der Waals surface area contributed by atoms with Gasteiger partial charge in [0.1, 0.15) is 11.5 Å². The Bertz CT molecular complexity index is 625. The highest BCUT2D eigenvalue weighted by molar-refractivity contribution is 5.78. The molecule has 1 N–H and O–H groups in total. The summed E-state index contributed by atoms with van der Waals surface area (Å²) in [6, 6.07) is 2.82. The lowest BCUT2D eigenvalue weighted by molar-refractivity contribution is -0.125. The standard InChI is InChI=1S/C15H20FN5O/c1-4-10(2)15(22)18-11(3)8-21-9-14(19-20-21)13-6-5-12(16)7-17-13/h5-7,9-11H,4,8H2,1-3H3,(H,18,22)/t10?,11-/m0/s1. The summed E-state index contributed by atoms with van der Waals surface area (Å²) in [5.41, 5.74) is 1.13. The summed E-state index contributed by atoms with van der Waals surface area (Å²) >= 11 is 0. The molecule has 0 aromatic carbocycles. The number of carbonyl (C=O) groups excluding carboxylic acids is 1. The molecule has 1 amide bonds. The van der Waals surface area contributed by atoms with Crippen molar-refractivity contribution in [3.8, 4) is 11.4 Å². The van der Waals surface area contributed by atoms with E-state index in [0.29, 0.717) is 17.9 Å². The molecular formula is C15H20FN5O. The monoisotopic (exact) mass is 305 g/mol. The Morgan fingerprint density at radius 3 is 2.77 bits per heavy atom. The second kappa shape index (κ2) is 7.11. The number of hydrogen-bond donors (Lipinski definition) is 1. The largest absolute Gasteiger partial charge is 0.352 e. The highest BCUT2D eigenvalue weighted by Crippen LogP contribution is 2.13. The Kier molecular flexibility index (Phi) is 5.19. The molecule has 118 valence electrons. The van der Waals surface area contributed by atoms with Crippen molar-refractivity contribution in [3.63, 3.8) is 0 Å². The third kappa shape index (κ3) is 4.09. The van der Waals surface area contributed by atoms with Crippen LogP contribution in [0.5, 0.6) is 0 Å². The maximum atomic E-state index is 12.9. The van der Waals surface area contributed by atoms with Crippen LogP contribution in [0.4, 0.5) is 4.39 Å². The average molecular weight is 305 g/mol. The molecule has 0 aliphatic rings. The summed E-state index contributed by atoms with van der Waals surface area (Å²) in [6.45, 7) is 6.30. The molecule has 2 aromatic rings. The number of nitrogens with one attached hydrogen (secondary N) is 1. The molecule has 0 fully saturated rings. The van der Waals surface area contributed by atoms with Crippen molar-refractivity contribution in [2.75, 3.05) is 0 Å². The molecule has 2 rings (SSSR count). The van der Waals surface area contributed by atoms with Crippen LogP contribution >= 0.6 is 0 Å². The molecule has 0 aliphatic heterocycles. The first-order chi connectivity index (χ1) is 10.5. The summed E-state index contributed by atoms with van der Waals surface area (Å²) in [6.07, 6.45) is 3.68. The fraction of sp³-hybridized carbons (Fsp3) is 0.467. The Hall–Kier alpha value is -2.31. The molecule has 2 atom stereocenters. The minimum Gasteiger partial charge on any atom is -0.352 e. The van der Waals surface area contributed by atoms with E-state index in [0.717, 1.165) is 12.6 Å². The maximum absolute atomic E-state index is 12.9. The van der Waals surface area contributed by atoms with Crippen molar-refractivity contribution in [2.45, 2.75) is 39.8 Å². The minimum atomic E-state index is -0.391. The molecule has 0 aliphatic carbocycles. The zero-order valence-corrected chi connectivity index (χ0v) is 13.0. The number of nitrogens with zero attached hydrogens (tertiary/aromatic N) is 4. The van der Waals surface area contributed by atoms with Gasteiger partial charge in [-0.25, -0.2) is 9.07 Å². The van der Waals surface area contributed by atoms with Crippen molar-refractivity contribution in [1.29, 1.82) is 0 Å². The summed E-state index contributed by atoms with van der Waals surface area (Å²) in [4.78, 5) is 15.8. The quantitative estimate of drug-likeness (QED) is 0.886. The van der Waals surface area contributed by atoms with Crippen LogP contribution in [0.2, 0.25) is 0 Å². The molecule has 0 spiro atoms. The predicted molar refractivity (Wildman–Crippen MR) is 80.3 cm³/mol. The van der Waals surface area contributed by atoms with Crippen LogP contribution < -0.4 is 5.32 Å². The number of rotatable bonds is 6. The van der Waals surface area contributed by atoms with Gasteiger partial charge in [-0.3, -0.25) is 9.78 Å². The molecule has 0 radical (unpaired) electrons. The lowest BCUT2D eigenvalue weighted by Crippen LogP contribution is -2.38. The van der Waals surface area contributed by atoms with Crippen molar-refractivity contribution in [2.24, 2.45) is 5.92 Å². The molecule has 0 saturated heterocycles. The van der Waals surface area contributed by atoms with E-state index < -0.39 is 5.82 Å². The number of pyridine rings is 1. The third-order valence-electron chi connectivity index (χ3n) is 3.44. The van der Waals surface area contributed by atoms with Crippen LogP contribution in [-0.2, 0) is 11.3 Å². The molecule has 0 saturated carbocycles. The van der Waals surface area contributed by atoms with Gasteiger partial charge in [0.15, 0.2) is 0 Å². The van der Waals surface area contributed by atoms with Crippen LogP contribution in [0.1, 0.15) is 27.2 Å². The molecule has 0 bridgehead atoms. The Balaban J connectivity index is 1.97. The summed E-state index contributed by atoms with van der Waals surface area (Å²) in [5, 5.41) is 11.0. The van der Waals surface area contributed by atoms with Crippen molar-refractivity contribution >= 4 is 5.91 Å². The summed E-state index contributed by atoms with van der Waals surface area (Å²) < 4.78 is 14.5. The minimum absolute atomic E-state index is 0.00262. The molecule has 1 unspecified atom stereocenters. The second-order valence-corrected chi connectivity index (χ2v) is 5.41. The summed E-state index contributed by atoms with van der Waals surface area (Å²) in [5.74, 6) is -0.356. The van der Waals surface area contributed by atoms with Gasteiger partial charge in [0.25, 0.3) is 0 Å². The van der Waals surface area contributed by atoms with Crippen LogP contribution in [0, 0.1) is 11.7 Å². The molecule has 6 nitrogen and oxygen atoms in total. The van der Waals surface area contributed by atoms with E-state index in [1.165, 1.54) is 6.07 Å². The van der Waals surface area contributed by atoms with Gasteiger partial charge in [-0.2, -0.15) is 0 Å². The first-order valence-corrected chi connectivity index (χ1v) is 7.32. The Morgan fingerprint density at radius 1 is 1.36 bits per heavy atom. The lowest BCUT2D eigenvalue weighted by atomic mass is 10.1. The van der Waals surface area contributed by atoms with E-state index in [-0.39, 0.29) is 17.9 Å². The van der Waals surface area contributed by atoms with E-state index in [1.807, 2.05) is 20.8 Å². The molecule has 22 heavy (non-hydrogen) atoms. The SMILES string of the molecule is CCC(C)C(=O)N[C@@H](C)Cn1cc(-c2ccc(F)cn2)nn1.